The highest BCUT2D eigenvalue weighted by molar-refractivity contribution is 14.0. The molecule has 7 nitrogen and oxygen atoms in total. The van der Waals surface area contributed by atoms with E-state index in [2.05, 4.69) is 40.9 Å². The van der Waals surface area contributed by atoms with Crippen LogP contribution in [-0.2, 0) is 0 Å². The van der Waals surface area contributed by atoms with E-state index in [1.807, 2.05) is 19.1 Å². The minimum Gasteiger partial charge on any atom is -0.508 e. The van der Waals surface area contributed by atoms with Crippen LogP contribution in [0, 0.1) is 6.92 Å². The number of aliphatic imine (C=N–C) groups is 1. The van der Waals surface area contributed by atoms with Crippen LogP contribution in [0.4, 0.5) is 0 Å². The highest BCUT2D eigenvalue weighted by Gasteiger charge is 2.13. The van der Waals surface area contributed by atoms with Crippen LogP contribution in [0.15, 0.2) is 47.5 Å². The van der Waals surface area contributed by atoms with Crippen molar-refractivity contribution >= 4 is 35.8 Å². The van der Waals surface area contributed by atoms with Gasteiger partial charge in [-0.1, -0.05) is 23.8 Å². The summed E-state index contributed by atoms with van der Waals surface area (Å²) >= 11 is 0. The number of phenols is 1. The molecule has 0 aliphatic rings. The summed E-state index contributed by atoms with van der Waals surface area (Å²) in [4.78, 5) is 16.7. The summed E-state index contributed by atoms with van der Waals surface area (Å²) in [5.74, 6) is 1.42. The molecule has 4 N–H and O–H groups in total. The van der Waals surface area contributed by atoms with Crippen LogP contribution in [0.1, 0.15) is 47.8 Å². The number of hydrogen-bond donors (Lipinski definition) is 4. The lowest BCUT2D eigenvalue weighted by molar-refractivity contribution is 0.0953. The van der Waals surface area contributed by atoms with E-state index < -0.39 is 0 Å². The number of carbonyl (C=O) groups excluding carboxylic acids is 1. The predicted molar refractivity (Wildman–Crippen MR) is 136 cm³/mol. The molecule has 8 heteroatoms. The molecule has 31 heavy (non-hydrogen) atoms. The van der Waals surface area contributed by atoms with E-state index in [-0.39, 0.29) is 41.7 Å². The van der Waals surface area contributed by atoms with Gasteiger partial charge in [-0.2, -0.15) is 0 Å². The first kappa shape index (κ1) is 26.5. The van der Waals surface area contributed by atoms with E-state index in [0.717, 1.165) is 17.9 Å². The van der Waals surface area contributed by atoms with Gasteiger partial charge >= 0.3 is 0 Å². The van der Waals surface area contributed by atoms with E-state index >= 15 is 0 Å². The van der Waals surface area contributed by atoms with Crippen LogP contribution in [0.3, 0.4) is 0 Å². The second-order valence-corrected chi connectivity index (χ2v) is 7.03. The van der Waals surface area contributed by atoms with Crippen molar-refractivity contribution in [1.29, 1.82) is 0 Å². The molecule has 2 rings (SSSR count). The molecule has 2 aromatic carbocycles. The normalized spacial score (nSPS) is 11.8. The molecule has 0 aromatic heterocycles. The number of hydrogen-bond acceptors (Lipinski definition) is 4. The van der Waals surface area contributed by atoms with Crippen molar-refractivity contribution in [2.75, 3.05) is 26.7 Å². The molecule has 0 heterocycles. The first-order valence-corrected chi connectivity index (χ1v) is 10.2. The number of halogens is 1. The summed E-state index contributed by atoms with van der Waals surface area (Å²) in [7, 11) is 1.67. The molecule has 0 aliphatic heterocycles. The quantitative estimate of drug-likeness (QED) is 0.168. The van der Waals surface area contributed by atoms with E-state index in [0.29, 0.717) is 31.0 Å². The van der Waals surface area contributed by atoms with Gasteiger partial charge in [-0.05, 0) is 51.5 Å². The van der Waals surface area contributed by atoms with E-state index in [9.17, 15) is 9.90 Å². The van der Waals surface area contributed by atoms with Gasteiger partial charge in [0.25, 0.3) is 5.91 Å². The largest absolute Gasteiger partial charge is 0.508 e. The third-order valence-electron chi connectivity index (χ3n) is 4.55. The molecule has 0 aliphatic carbocycles. The molecule has 0 bridgehead atoms. The van der Waals surface area contributed by atoms with Crippen LogP contribution in [0.25, 0.3) is 0 Å². The average Bonchev–Trinajstić information content (AvgIpc) is 2.73. The maximum Gasteiger partial charge on any atom is 0.251 e. The topological polar surface area (TPSA) is 95.0 Å². The molecular weight excluding hydrogens is 507 g/mol. The summed E-state index contributed by atoms with van der Waals surface area (Å²) < 4.78 is 5.49. The Morgan fingerprint density at radius 3 is 2.65 bits per heavy atom. The molecule has 0 spiro atoms. The first-order valence-electron chi connectivity index (χ1n) is 10.2. The number of nitrogens with one attached hydrogen (secondary N) is 3. The number of ether oxygens (including phenoxy) is 1. The number of methoxy groups -OCH3 is 1. The lowest BCUT2D eigenvalue weighted by Gasteiger charge is -2.20. The Hall–Kier alpha value is -2.49. The Bertz CT molecular complexity index is 874. The van der Waals surface area contributed by atoms with Crippen LogP contribution < -0.4 is 20.7 Å². The first-order chi connectivity index (χ1) is 14.4. The number of nitrogens with zero attached hydrogens (tertiary/aromatic N) is 1. The zero-order chi connectivity index (χ0) is 21.9. The summed E-state index contributed by atoms with van der Waals surface area (Å²) in [6.45, 7) is 7.95. The molecular formula is C23H33IN4O3. The maximum atomic E-state index is 12.1. The van der Waals surface area contributed by atoms with Gasteiger partial charge in [-0.25, -0.2) is 0 Å². The van der Waals surface area contributed by atoms with Gasteiger partial charge in [0, 0.05) is 30.8 Å². The highest BCUT2D eigenvalue weighted by atomic mass is 127. The summed E-state index contributed by atoms with van der Waals surface area (Å²) in [5.41, 5.74) is 2.68. The molecule has 0 saturated carbocycles. The molecule has 0 radical (unpaired) electrons. The lowest BCUT2D eigenvalue weighted by atomic mass is 10.0. The summed E-state index contributed by atoms with van der Waals surface area (Å²) in [6, 6.07) is 12.4. The van der Waals surface area contributed by atoms with Crippen molar-refractivity contribution in [3.8, 4) is 11.5 Å². The number of phenolic OH excluding ortho intramolecular Hbond substituents is 1. The minimum atomic E-state index is -0.208. The number of carbonyl (C=O) groups is 1. The van der Waals surface area contributed by atoms with Crippen molar-refractivity contribution in [3.05, 3.63) is 59.2 Å². The number of guanidine groups is 1. The third kappa shape index (κ3) is 8.64. The molecule has 170 valence electrons. The number of amides is 1. The van der Waals surface area contributed by atoms with Gasteiger partial charge in [-0.3, -0.25) is 9.79 Å². The van der Waals surface area contributed by atoms with Gasteiger partial charge in [0.1, 0.15) is 11.5 Å². The number of rotatable bonds is 9. The van der Waals surface area contributed by atoms with Crippen LogP contribution >= 0.6 is 24.0 Å². The molecule has 0 fully saturated rings. The Kier molecular flexibility index (Phi) is 11.8. The van der Waals surface area contributed by atoms with Crippen molar-refractivity contribution in [3.63, 3.8) is 0 Å². The standard InChI is InChI=1S/C23H32N4O3.HI/c1-5-24-23(27-17(3)20-14-16(2)10-11-21(20)30-4)26-13-7-12-25-22(29)18-8-6-9-19(28)15-18;/h6,8-11,14-15,17,28H,5,7,12-13H2,1-4H3,(H,25,29)(H2,24,26,27);1H. The van der Waals surface area contributed by atoms with Gasteiger partial charge in [-0.15, -0.1) is 24.0 Å². The zero-order valence-electron chi connectivity index (χ0n) is 18.6. The van der Waals surface area contributed by atoms with E-state index in [1.165, 1.54) is 17.7 Å². The third-order valence-corrected chi connectivity index (χ3v) is 4.55. The Labute approximate surface area is 201 Å². The number of benzene rings is 2. The van der Waals surface area contributed by atoms with E-state index in [4.69, 9.17) is 4.74 Å². The SMILES string of the molecule is CCNC(=NCCCNC(=O)c1cccc(O)c1)NC(C)c1cc(C)ccc1OC.I. The van der Waals surface area contributed by atoms with Crippen LogP contribution in [0.2, 0.25) is 0 Å². The highest BCUT2D eigenvalue weighted by Crippen LogP contribution is 2.25. The second kappa shape index (κ2) is 13.7. The van der Waals surface area contributed by atoms with Crippen molar-refractivity contribution in [2.24, 2.45) is 4.99 Å². The average molecular weight is 540 g/mol. The molecule has 2 aromatic rings. The van der Waals surface area contributed by atoms with Crippen LogP contribution in [-0.4, -0.2) is 43.7 Å². The second-order valence-electron chi connectivity index (χ2n) is 7.03. The van der Waals surface area contributed by atoms with Gasteiger partial charge in [0.2, 0.25) is 0 Å². The molecule has 1 atom stereocenters. The zero-order valence-corrected chi connectivity index (χ0v) is 20.9. The summed E-state index contributed by atoms with van der Waals surface area (Å²) in [6.07, 6.45) is 0.698. The lowest BCUT2D eigenvalue weighted by Crippen LogP contribution is -2.39. The minimum absolute atomic E-state index is 0. The summed E-state index contributed by atoms with van der Waals surface area (Å²) in [5, 5.41) is 19.0. The Morgan fingerprint density at radius 2 is 1.97 bits per heavy atom. The van der Waals surface area contributed by atoms with Gasteiger partial charge in [0.15, 0.2) is 5.96 Å². The van der Waals surface area contributed by atoms with Crippen molar-refractivity contribution < 1.29 is 14.6 Å². The maximum absolute atomic E-state index is 12.1. The predicted octanol–water partition coefficient (Wildman–Crippen LogP) is 3.76. The fourth-order valence-corrected chi connectivity index (χ4v) is 3.02. The van der Waals surface area contributed by atoms with Crippen molar-refractivity contribution in [1.82, 2.24) is 16.0 Å². The smallest absolute Gasteiger partial charge is 0.251 e. The monoisotopic (exact) mass is 540 g/mol. The Morgan fingerprint density at radius 1 is 1.19 bits per heavy atom. The molecule has 1 amide bonds. The van der Waals surface area contributed by atoms with Crippen molar-refractivity contribution in [2.45, 2.75) is 33.2 Å². The molecule has 1 unspecified atom stereocenters. The number of aromatic hydroxyl groups is 1. The fourth-order valence-electron chi connectivity index (χ4n) is 3.02. The van der Waals surface area contributed by atoms with Gasteiger partial charge < -0.3 is 25.8 Å². The fraction of sp³-hybridized carbons (Fsp3) is 0.391. The number of aryl methyl sites for hydroxylation is 1. The molecule has 0 saturated heterocycles. The van der Waals surface area contributed by atoms with Crippen LogP contribution in [0.5, 0.6) is 11.5 Å². The van der Waals surface area contributed by atoms with E-state index in [1.54, 1.807) is 19.2 Å². The van der Waals surface area contributed by atoms with Gasteiger partial charge in [0.05, 0.1) is 13.2 Å². The Balaban J connectivity index is 0.00000480.